The highest BCUT2D eigenvalue weighted by Crippen LogP contribution is 2.22. The van der Waals surface area contributed by atoms with Crippen molar-refractivity contribution in [3.8, 4) is 0 Å². The highest BCUT2D eigenvalue weighted by Gasteiger charge is 2.16. The molecule has 0 spiro atoms. The summed E-state index contributed by atoms with van der Waals surface area (Å²) >= 11 is 0. The lowest BCUT2D eigenvalue weighted by Gasteiger charge is -2.29. The van der Waals surface area contributed by atoms with E-state index in [1.54, 1.807) is 11.1 Å². The Hall–Kier alpha value is -0.860. The van der Waals surface area contributed by atoms with E-state index in [4.69, 9.17) is 0 Å². The molecule has 2 nitrogen and oxygen atoms in total. The van der Waals surface area contributed by atoms with Crippen LogP contribution in [-0.2, 0) is 19.3 Å². The number of aryl methyl sites for hydroxylation is 2. The Morgan fingerprint density at radius 3 is 2.58 bits per heavy atom. The molecule has 3 rings (SSSR count). The molecule has 1 aliphatic heterocycles. The van der Waals surface area contributed by atoms with Gasteiger partial charge in [-0.1, -0.05) is 18.2 Å². The summed E-state index contributed by atoms with van der Waals surface area (Å²) in [5.74, 6) is 0. The number of aliphatic hydroxyl groups is 1. The molecule has 1 heterocycles. The number of piperidine rings is 1. The van der Waals surface area contributed by atoms with Crippen LogP contribution in [0.4, 0.5) is 0 Å². The fourth-order valence-corrected chi connectivity index (χ4v) is 3.37. The van der Waals surface area contributed by atoms with Crippen LogP contribution in [0.25, 0.3) is 0 Å². The Bertz CT molecular complexity index is 421. The monoisotopic (exact) mass is 259 g/mol. The van der Waals surface area contributed by atoms with Crippen molar-refractivity contribution in [1.29, 1.82) is 0 Å². The van der Waals surface area contributed by atoms with Crippen LogP contribution in [0, 0.1) is 0 Å². The first kappa shape index (κ1) is 13.1. The van der Waals surface area contributed by atoms with E-state index >= 15 is 0 Å². The first-order chi connectivity index (χ1) is 9.31. The number of fused-ring (bicyclic) bond motifs is 1. The zero-order valence-corrected chi connectivity index (χ0v) is 11.8. The van der Waals surface area contributed by atoms with Gasteiger partial charge in [0.25, 0.3) is 0 Å². The third-order valence-corrected chi connectivity index (χ3v) is 4.69. The number of likely N-dealkylation sites (tertiary alicyclic amines) is 1. The van der Waals surface area contributed by atoms with Crippen LogP contribution in [0.1, 0.15) is 42.4 Å². The van der Waals surface area contributed by atoms with Gasteiger partial charge in [-0.15, -0.1) is 0 Å². The van der Waals surface area contributed by atoms with Crippen molar-refractivity contribution >= 4 is 0 Å². The Morgan fingerprint density at radius 2 is 1.79 bits per heavy atom. The van der Waals surface area contributed by atoms with Gasteiger partial charge < -0.3 is 10.0 Å². The summed E-state index contributed by atoms with van der Waals surface area (Å²) in [5, 5.41) is 9.52. The lowest BCUT2D eigenvalue weighted by atomic mass is 9.90. The molecule has 0 saturated carbocycles. The molecule has 19 heavy (non-hydrogen) atoms. The summed E-state index contributed by atoms with van der Waals surface area (Å²) in [7, 11) is 0. The van der Waals surface area contributed by atoms with E-state index in [2.05, 4.69) is 23.1 Å². The van der Waals surface area contributed by atoms with Crippen LogP contribution < -0.4 is 0 Å². The molecule has 0 unspecified atom stereocenters. The molecule has 1 aromatic rings. The third kappa shape index (κ3) is 3.37. The summed E-state index contributed by atoms with van der Waals surface area (Å²) in [6.45, 7) is 3.27. The van der Waals surface area contributed by atoms with Crippen LogP contribution in [0.5, 0.6) is 0 Å². The molecule has 0 bridgehead atoms. The maximum atomic E-state index is 9.52. The fraction of sp³-hybridized carbons (Fsp3) is 0.647. The molecule has 1 N–H and O–H groups in total. The number of aliphatic hydroxyl groups excluding tert-OH is 1. The molecule has 0 radical (unpaired) electrons. The molecule has 1 fully saturated rings. The van der Waals surface area contributed by atoms with Crippen molar-refractivity contribution in [2.24, 2.45) is 0 Å². The molecule has 2 heteroatoms. The highest BCUT2D eigenvalue weighted by molar-refractivity contribution is 5.33. The predicted molar refractivity (Wildman–Crippen MR) is 78.5 cm³/mol. The Balaban J connectivity index is 1.55. The summed E-state index contributed by atoms with van der Waals surface area (Å²) in [6, 6.07) is 7.11. The predicted octanol–water partition coefficient (Wildman–Crippen LogP) is 2.56. The third-order valence-electron chi connectivity index (χ3n) is 4.69. The van der Waals surface area contributed by atoms with Crippen LogP contribution in [0.3, 0.4) is 0 Å². The van der Waals surface area contributed by atoms with Gasteiger partial charge in [-0.2, -0.15) is 0 Å². The number of nitrogens with zero attached hydrogens (tertiary/aromatic N) is 1. The standard InChI is InChI=1S/C17H25NO/c19-17-8-11-18(12-9-17)10-7-14-5-6-15-3-1-2-4-16(15)13-14/h5-6,13,17,19H,1-4,7-12H2. The molecule has 1 saturated heterocycles. The van der Waals surface area contributed by atoms with Gasteiger partial charge in [0.15, 0.2) is 0 Å². The zero-order valence-electron chi connectivity index (χ0n) is 11.8. The zero-order chi connectivity index (χ0) is 13.1. The normalized spacial score (nSPS) is 21.3. The Labute approximate surface area is 116 Å². The molecule has 104 valence electrons. The van der Waals surface area contributed by atoms with E-state index in [-0.39, 0.29) is 6.10 Å². The summed E-state index contributed by atoms with van der Waals surface area (Å²) < 4.78 is 0. The van der Waals surface area contributed by atoms with Crippen molar-refractivity contribution in [2.45, 2.75) is 51.0 Å². The number of benzene rings is 1. The first-order valence-corrected chi connectivity index (χ1v) is 7.82. The number of hydrogen-bond donors (Lipinski definition) is 1. The second-order valence-corrected chi connectivity index (χ2v) is 6.13. The fourth-order valence-electron chi connectivity index (χ4n) is 3.37. The quantitative estimate of drug-likeness (QED) is 0.902. The SMILES string of the molecule is OC1CCN(CCc2ccc3c(c2)CCCC3)CC1. The van der Waals surface area contributed by atoms with Gasteiger partial charge in [0, 0.05) is 19.6 Å². The van der Waals surface area contributed by atoms with Gasteiger partial charge in [0.2, 0.25) is 0 Å². The summed E-state index contributed by atoms with van der Waals surface area (Å²) in [6.07, 6.45) is 8.28. The molecule has 2 aliphatic rings. The van der Waals surface area contributed by atoms with E-state index in [1.165, 1.54) is 31.2 Å². The van der Waals surface area contributed by atoms with Crippen molar-refractivity contribution in [1.82, 2.24) is 4.90 Å². The minimum absolute atomic E-state index is 0.0556. The van der Waals surface area contributed by atoms with E-state index in [9.17, 15) is 5.11 Å². The average molecular weight is 259 g/mol. The second-order valence-electron chi connectivity index (χ2n) is 6.13. The van der Waals surface area contributed by atoms with Crippen LogP contribution in [-0.4, -0.2) is 35.7 Å². The smallest absolute Gasteiger partial charge is 0.0564 e. The molecule has 0 atom stereocenters. The highest BCUT2D eigenvalue weighted by atomic mass is 16.3. The van der Waals surface area contributed by atoms with Crippen LogP contribution in [0.15, 0.2) is 18.2 Å². The van der Waals surface area contributed by atoms with Crippen molar-refractivity contribution in [3.05, 3.63) is 34.9 Å². The maximum absolute atomic E-state index is 9.52. The summed E-state index contributed by atoms with van der Waals surface area (Å²) in [4.78, 5) is 2.49. The molecular formula is C17H25NO. The first-order valence-electron chi connectivity index (χ1n) is 7.82. The average Bonchev–Trinajstić information content (AvgIpc) is 2.46. The Kier molecular flexibility index (Phi) is 4.19. The van der Waals surface area contributed by atoms with Gasteiger partial charge in [-0.25, -0.2) is 0 Å². The molecule has 1 aliphatic carbocycles. The molecule has 1 aromatic carbocycles. The van der Waals surface area contributed by atoms with Crippen molar-refractivity contribution in [3.63, 3.8) is 0 Å². The van der Waals surface area contributed by atoms with Gasteiger partial charge in [-0.05, 0) is 61.6 Å². The van der Waals surface area contributed by atoms with E-state index in [0.717, 1.165) is 38.9 Å². The van der Waals surface area contributed by atoms with E-state index in [1.807, 2.05) is 0 Å². The largest absolute Gasteiger partial charge is 0.393 e. The lowest BCUT2D eigenvalue weighted by Crippen LogP contribution is -2.37. The second kappa shape index (κ2) is 6.06. The van der Waals surface area contributed by atoms with Crippen molar-refractivity contribution in [2.75, 3.05) is 19.6 Å². The summed E-state index contributed by atoms with van der Waals surface area (Å²) in [5.41, 5.74) is 4.67. The van der Waals surface area contributed by atoms with E-state index in [0.29, 0.717) is 0 Å². The Morgan fingerprint density at radius 1 is 1.05 bits per heavy atom. The number of hydrogen-bond acceptors (Lipinski definition) is 2. The number of rotatable bonds is 3. The minimum Gasteiger partial charge on any atom is -0.393 e. The lowest BCUT2D eigenvalue weighted by molar-refractivity contribution is 0.0832. The maximum Gasteiger partial charge on any atom is 0.0564 e. The van der Waals surface area contributed by atoms with Crippen LogP contribution >= 0.6 is 0 Å². The minimum atomic E-state index is -0.0556. The molecule has 0 amide bonds. The van der Waals surface area contributed by atoms with Crippen molar-refractivity contribution < 1.29 is 5.11 Å². The van der Waals surface area contributed by atoms with Gasteiger partial charge in [0.05, 0.1) is 6.10 Å². The van der Waals surface area contributed by atoms with Gasteiger partial charge >= 0.3 is 0 Å². The topological polar surface area (TPSA) is 23.5 Å². The van der Waals surface area contributed by atoms with Gasteiger partial charge in [-0.3, -0.25) is 0 Å². The molecular weight excluding hydrogens is 234 g/mol. The van der Waals surface area contributed by atoms with Crippen LogP contribution in [0.2, 0.25) is 0 Å². The van der Waals surface area contributed by atoms with E-state index < -0.39 is 0 Å². The van der Waals surface area contributed by atoms with Gasteiger partial charge in [0.1, 0.15) is 0 Å². The molecule has 0 aromatic heterocycles.